The third kappa shape index (κ3) is 3.62. The molecule has 31 heavy (non-hydrogen) atoms. The van der Waals surface area contributed by atoms with Crippen LogP contribution in [0.2, 0.25) is 0 Å². The number of nitrogens with zero attached hydrogens (tertiary/aromatic N) is 3. The lowest BCUT2D eigenvalue weighted by Gasteiger charge is -2.29. The molecule has 4 nitrogen and oxygen atoms in total. The van der Waals surface area contributed by atoms with Crippen molar-refractivity contribution in [1.29, 1.82) is 0 Å². The van der Waals surface area contributed by atoms with Gasteiger partial charge in [0, 0.05) is 29.5 Å². The van der Waals surface area contributed by atoms with Gasteiger partial charge in [0.1, 0.15) is 6.04 Å². The maximum atomic E-state index is 5.85. The van der Waals surface area contributed by atoms with Crippen LogP contribution >= 0.6 is 12.2 Å². The summed E-state index contributed by atoms with van der Waals surface area (Å²) in [6.07, 6.45) is 4.96. The van der Waals surface area contributed by atoms with E-state index in [1.165, 1.54) is 5.56 Å². The molecule has 5 heteroatoms. The summed E-state index contributed by atoms with van der Waals surface area (Å²) >= 11 is 5.85. The first-order valence-corrected chi connectivity index (χ1v) is 11.0. The molecule has 1 aliphatic heterocycles. The number of nitrogens with one attached hydrogen (secondary N) is 1. The summed E-state index contributed by atoms with van der Waals surface area (Å²) in [4.78, 5) is 6.88. The fraction of sp³-hybridized carbons (Fsp3) is 0.154. The molecular weight excluding hydrogens is 400 g/mol. The second-order valence-electron chi connectivity index (χ2n) is 7.66. The summed E-state index contributed by atoms with van der Waals surface area (Å²) in [7, 11) is 0. The fourth-order valence-electron chi connectivity index (χ4n) is 4.28. The van der Waals surface area contributed by atoms with Gasteiger partial charge in [0.2, 0.25) is 0 Å². The Morgan fingerprint density at radius 3 is 2.35 bits per heavy atom. The Kier molecular flexibility index (Phi) is 5.26. The van der Waals surface area contributed by atoms with E-state index >= 15 is 0 Å². The van der Waals surface area contributed by atoms with Crippen LogP contribution in [0.5, 0.6) is 0 Å². The van der Waals surface area contributed by atoms with Crippen LogP contribution in [0.1, 0.15) is 36.0 Å². The Labute approximate surface area is 188 Å². The highest BCUT2D eigenvalue weighted by atomic mass is 32.1. The molecule has 0 spiro atoms. The molecule has 4 aromatic rings. The number of pyridine rings is 1. The Morgan fingerprint density at radius 2 is 1.65 bits per heavy atom. The summed E-state index contributed by atoms with van der Waals surface area (Å²) in [5, 5.41) is 4.26. The minimum Gasteiger partial charge on any atom is -0.351 e. The number of hydrogen-bond donors (Lipinski definition) is 1. The van der Waals surface area contributed by atoms with E-state index in [2.05, 4.69) is 99.6 Å². The van der Waals surface area contributed by atoms with Gasteiger partial charge in [-0.25, -0.2) is 0 Å². The average Bonchev–Trinajstić information content (AvgIpc) is 3.44. The van der Waals surface area contributed by atoms with Gasteiger partial charge in [-0.3, -0.25) is 4.98 Å². The lowest BCUT2D eigenvalue weighted by molar-refractivity contribution is 0.549. The van der Waals surface area contributed by atoms with E-state index in [1.807, 2.05) is 24.4 Å². The maximum absolute atomic E-state index is 5.85. The van der Waals surface area contributed by atoms with Gasteiger partial charge in [-0.15, -0.1) is 0 Å². The zero-order chi connectivity index (χ0) is 21.2. The lowest BCUT2D eigenvalue weighted by Crippen LogP contribution is -2.30. The van der Waals surface area contributed by atoms with E-state index < -0.39 is 0 Å². The third-order valence-electron chi connectivity index (χ3n) is 5.84. The predicted octanol–water partition coefficient (Wildman–Crippen LogP) is 5.61. The largest absolute Gasteiger partial charge is 0.351 e. The van der Waals surface area contributed by atoms with Gasteiger partial charge in [-0.2, -0.15) is 0 Å². The molecule has 2 aromatic carbocycles. The van der Waals surface area contributed by atoms with Crippen molar-refractivity contribution in [2.45, 2.75) is 25.4 Å². The van der Waals surface area contributed by atoms with Crippen molar-refractivity contribution in [3.63, 3.8) is 0 Å². The number of anilines is 1. The molecule has 0 bridgehead atoms. The van der Waals surface area contributed by atoms with Crippen LogP contribution in [0, 0.1) is 0 Å². The lowest BCUT2D eigenvalue weighted by atomic mass is 10.0. The first-order chi connectivity index (χ1) is 15.3. The molecule has 2 atom stereocenters. The van der Waals surface area contributed by atoms with E-state index in [0.717, 1.165) is 29.2 Å². The number of hydrogen-bond acceptors (Lipinski definition) is 2. The van der Waals surface area contributed by atoms with Gasteiger partial charge in [0.05, 0.1) is 11.7 Å². The number of thiocarbonyl (C=S) groups is 1. The van der Waals surface area contributed by atoms with Crippen LogP contribution in [-0.2, 0) is 6.42 Å². The maximum Gasteiger partial charge on any atom is 0.174 e. The predicted molar refractivity (Wildman–Crippen MR) is 130 cm³/mol. The topological polar surface area (TPSA) is 33.1 Å². The van der Waals surface area contributed by atoms with Gasteiger partial charge in [0.15, 0.2) is 5.11 Å². The van der Waals surface area contributed by atoms with Crippen LogP contribution in [0.25, 0.3) is 5.69 Å². The van der Waals surface area contributed by atoms with E-state index in [4.69, 9.17) is 12.2 Å². The smallest absolute Gasteiger partial charge is 0.174 e. The van der Waals surface area contributed by atoms with Crippen LogP contribution in [0.15, 0.2) is 97.3 Å². The molecule has 1 aliphatic rings. The molecule has 0 unspecified atom stereocenters. The van der Waals surface area contributed by atoms with Gasteiger partial charge in [0.25, 0.3) is 0 Å². The van der Waals surface area contributed by atoms with Gasteiger partial charge >= 0.3 is 0 Å². The zero-order valence-electron chi connectivity index (χ0n) is 17.3. The minimum atomic E-state index is -0.0584. The Hall–Kier alpha value is -3.44. The number of rotatable bonds is 5. The monoisotopic (exact) mass is 424 g/mol. The van der Waals surface area contributed by atoms with Gasteiger partial charge in [-0.1, -0.05) is 43.3 Å². The van der Waals surface area contributed by atoms with E-state index in [9.17, 15) is 0 Å². The summed E-state index contributed by atoms with van der Waals surface area (Å²) in [5.41, 5.74) is 5.66. The van der Waals surface area contributed by atoms with E-state index in [1.54, 1.807) is 0 Å². The number of aromatic nitrogens is 2. The van der Waals surface area contributed by atoms with Crippen LogP contribution in [0.4, 0.5) is 5.69 Å². The molecule has 154 valence electrons. The molecule has 0 amide bonds. The van der Waals surface area contributed by atoms with Crippen molar-refractivity contribution in [3.05, 3.63) is 114 Å². The van der Waals surface area contributed by atoms with Crippen LogP contribution in [0.3, 0.4) is 0 Å². The highest BCUT2D eigenvalue weighted by Crippen LogP contribution is 2.42. The van der Waals surface area contributed by atoms with Gasteiger partial charge < -0.3 is 14.8 Å². The average molecular weight is 425 g/mol. The zero-order valence-corrected chi connectivity index (χ0v) is 18.2. The first kappa shape index (κ1) is 19.5. The summed E-state index contributed by atoms with van der Waals surface area (Å²) < 4.78 is 2.24. The molecule has 3 heterocycles. The highest BCUT2D eigenvalue weighted by Gasteiger charge is 2.42. The molecule has 0 radical (unpaired) electrons. The molecule has 1 fully saturated rings. The van der Waals surface area contributed by atoms with E-state index in [0.29, 0.717) is 5.11 Å². The van der Waals surface area contributed by atoms with Crippen LogP contribution < -0.4 is 10.2 Å². The Bertz CT molecular complexity index is 1170. The Balaban J connectivity index is 1.65. The molecule has 0 saturated carbocycles. The van der Waals surface area contributed by atoms with Crippen molar-refractivity contribution in [3.8, 4) is 5.69 Å². The number of aryl methyl sites for hydroxylation is 1. The van der Waals surface area contributed by atoms with Crippen molar-refractivity contribution in [1.82, 2.24) is 14.9 Å². The fourth-order valence-corrected chi connectivity index (χ4v) is 4.63. The highest BCUT2D eigenvalue weighted by molar-refractivity contribution is 7.80. The van der Waals surface area contributed by atoms with Crippen molar-refractivity contribution in [2.24, 2.45) is 0 Å². The Morgan fingerprint density at radius 1 is 0.871 bits per heavy atom. The van der Waals surface area contributed by atoms with Crippen molar-refractivity contribution >= 4 is 23.0 Å². The van der Waals surface area contributed by atoms with Crippen molar-refractivity contribution < 1.29 is 0 Å². The summed E-state index contributed by atoms with van der Waals surface area (Å²) in [6, 6.07) is 29.3. The quantitative estimate of drug-likeness (QED) is 0.422. The second kappa shape index (κ2) is 8.36. The molecule has 1 saturated heterocycles. The van der Waals surface area contributed by atoms with E-state index in [-0.39, 0.29) is 12.1 Å². The second-order valence-corrected chi connectivity index (χ2v) is 8.04. The van der Waals surface area contributed by atoms with Crippen LogP contribution in [-0.4, -0.2) is 14.7 Å². The molecular formula is C26H24N4S. The minimum absolute atomic E-state index is 0.0370. The van der Waals surface area contributed by atoms with Gasteiger partial charge in [-0.05, 0) is 72.7 Å². The number of para-hydroxylation sites is 1. The molecule has 0 aliphatic carbocycles. The SMILES string of the molecule is CCc1ccc(N2C(=S)N[C@@H](c3ccccn3)[C@H]2c2cccn2-c2ccccc2)cc1. The summed E-state index contributed by atoms with van der Waals surface area (Å²) in [5.74, 6) is 0. The standard InChI is InChI=1S/C26H24N4S/c1-2-19-13-15-21(16-14-19)30-25(24(28-26(30)31)22-11-6-7-17-27-22)23-12-8-18-29(23)20-9-4-3-5-10-20/h3-18,24-25H,2H2,1H3,(H,28,31)/t24-,25+/m0/s1. The first-order valence-electron chi connectivity index (χ1n) is 10.6. The third-order valence-corrected chi connectivity index (χ3v) is 6.15. The molecule has 1 N–H and O–H groups in total. The number of benzene rings is 2. The molecule has 2 aromatic heterocycles. The molecule has 5 rings (SSSR count). The normalized spacial score (nSPS) is 18.2. The van der Waals surface area contributed by atoms with Crippen molar-refractivity contribution in [2.75, 3.05) is 4.90 Å². The summed E-state index contributed by atoms with van der Waals surface area (Å²) in [6.45, 7) is 2.17.